The van der Waals surface area contributed by atoms with Crippen molar-refractivity contribution in [2.75, 3.05) is 13.2 Å². The van der Waals surface area contributed by atoms with Crippen molar-refractivity contribution in [3.05, 3.63) is 48.6 Å². The number of esters is 2. The molecule has 5 atom stereocenters. The van der Waals surface area contributed by atoms with Crippen LogP contribution in [0.15, 0.2) is 48.6 Å². The number of rotatable bonds is 9. The van der Waals surface area contributed by atoms with E-state index in [-0.39, 0.29) is 24.2 Å². The first kappa shape index (κ1) is 25.3. The van der Waals surface area contributed by atoms with Crippen molar-refractivity contribution in [2.45, 2.75) is 39.4 Å². The van der Waals surface area contributed by atoms with Crippen molar-refractivity contribution in [2.24, 2.45) is 17.3 Å². The van der Waals surface area contributed by atoms with E-state index in [1.54, 1.807) is 13.0 Å². The molecule has 0 heterocycles. The number of ether oxygens (including phenoxy) is 2. The summed E-state index contributed by atoms with van der Waals surface area (Å²) in [6, 6.07) is 0. The highest BCUT2D eigenvalue weighted by Gasteiger charge is 2.53. The lowest BCUT2D eigenvalue weighted by Gasteiger charge is -2.50. The number of carboxylic acid groups (broad SMARTS) is 1. The van der Waals surface area contributed by atoms with Gasteiger partial charge in [0.25, 0.3) is 0 Å². The SMILES string of the molecule is C=C[C@@]1(C)C[C@H](OC(=O)/C(C)=C\COC(C)=O)[C@@H](C(=C)C(=O)O)[C@@H](O)[C@H]1C(=C)CO. The Hall–Kier alpha value is -2.71. The first-order valence-electron chi connectivity index (χ1n) is 9.43. The van der Waals surface area contributed by atoms with Gasteiger partial charge in [0.2, 0.25) is 0 Å². The zero-order valence-corrected chi connectivity index (χ0v) is 17.6. The Morgan fingerprint density at radius 1 is 1.23 bits per heavy atom. The standard InChI is InChI=1S/C22H30O8/c1-7-22(6)10-16(30-21(28)12(2)8-9-29-15(5)24)17(14(4)20(26)27)19(25)18(22)13(3)11-23/h7-8,16-19,23,25H,1,3-4,9-11H2,2,5-6H3,(H,26,27)/b12-8-/t16-,17+,18+,19+,22-/m0/s1. The summed E-state index contributed by atoms with van der Waals surface area (Å²) in [7, 11) is 0. The van der Waals surface area contributed by atoms with E-state index in [0.29, 0.717) is 5.57 Å². The molecule has 1 saturated carbocycles. The summed E-state index contributed by atoms with van der Waals surface area (Å²) in [5.74, 6) is -4.41. The number of carbonyl (C=O) groups excluding carboxylic acids is 2. The monoisotopic (exact) mass is 422 g/mol. The Kier molecular flexibility index (Phi) is 8.74. The van der Waals surface area contributed by atoms with Crippen molar-refractivity contribution >= 4 is 17.9 Å². The minimum absolute atomic E-state index is 0.113. The van der Waals surface area contributed by atoms with Gasteiger partial charge in [-0.1, -0.05) is 26.2 Å². The maximum Gasteiger partial charge on any atom is 0.333 e. The summed E-state index contributed by atoms with van der Waals surface area (Å²) >= 11 is 0. The van der Waals surface area contributed by atoms with Crippen molar-refractivity contribution < 1.29 is 39.2 Å². The maximum atomic E-state index is 12.5. The molecule has 3 N–H and O–H groups in total. The van der Waals surface area contributed by atoms with E-state index in [2.05, 4.69) is 19.7 Å². The van der Waals surface area contributed by atoms with Gasteiger partial charge < -0.3 is 24.8 Å². The fourth-order valence-corrected chi connectivity index (χ4v) is 3.81. The van der Waals surface area contributed by atoms with E-state index in [0.717, 1.165) is 0 Å². The molecule has 1 aliphatic rings. The smallest absolute Gasteiger partial charge is 0.333 e. The Morgan fingerprint density at radius 2 is 1.83 bits per heavy atom. The highest BCUT2D eigenvalue weighted by molar-refractivity contribution is 5.89. The number of aliphatic hydroxyl groups excluding tert-OH is 2. The van der Waals surface area contributed by atoms with Crippen LogP contribution in [0.25, 0.3) is 0 Å². The van der Waals surface area contributed by atoms with Crippen LogP contribution in [0.3, 0.4) is 0 Å². The van der Waals surface area contributed by atoms with Gasteiger partial charge >= 0.3 is 17.9 Å². The molecule has 0 spiro atoms. The van der Waals surface area contributed by atoms with Gasteiger partial charge in [0, 0.05) is 24.0 Å². The topological polar surface area (TPSA) is 130 Å². The minimum atomic E-state index is -1.34. The zero-order valence-electron chi connectivity index (χ0n) is 17.6. The summed E-state index contributed by atoms with van der Waals surface area (Å²) < 4.78 is 10.3. The zero-order chi connectivity index (χ0) is 23.2. The van der Waals surface area contributed by atoms with E-state index in [4.69, 9.17) is 9.47 Å². The quantitative estimate of drug-likeness (QED) is 0.291. The molecule has 1 fully saturated rings. The van der Waals surface area contributed by atoms with E-state index in [1.165, 1.54) is 19.9 Å². The molecule has 0 saturated heterocycles. The van der Waals surface area contributed by atoms with Gasteiger partial charge in [-0.25, -0.2) is 9.59 Å². The molecule has 0 radical (unpaired) electrons. The van der Waals surface area contributed by atoms with Crippen LogP contribution in [0.4, 0.5) is 0 Å². The molecule has 0 unspecified atom stereocenters. The van der Waals surface area contributed by atoms with Crippen LogP contribution in [-0.4, -0.2) is 58.6 Å². The predicted molar refractivity (Wildman–Crippen MR) is 109 cm³/mol. The van der Waals surface area contributed by atoms with Gasteiger partial charge in [0.15, 0.2) is 0 Å². The van der Waals surface area contributed by atoms with Crippen LogP contribution in [0, 0.1) is 17.3 Å². The number of hydrogen-bond acceptors (Lipinski definition) is 7. The molecule has 8 heteroatoms. The Labute approximate surface area is 176 Å². The lowest BCUT2D eigenvalue weighted by molar-refractivity contribution is -0.161. The molecule has 8 nitrogen and oxygen atoms in total. The van der Waals surface area contributed by atoms with Gasteiger partial charge in [-0.05, 0) is 30.4 Å². The summed E-state index contributed by atoms with van der Waals surface area (Å²) in [5, 5.41) is 30.0. The first-order chi connectivity index (χ1) is 13.9. The molecule has 0 aromatic rings. The molecule has 0 aliphatic heterocycles. The second kappa shape index (κ2) is 10.4. The van der Waals surface area contributed by atoms with E-state index in [9.17, 15) is 29.7 Å². The summed E-state index contributed by atoms with van der Waals surface area (Å²) in [6.45, 7) is 15.1. The lowest BCUT2D eigenvalue weighted by Crippen LogP contribution is -2.54. The van der Waals surface area contributed by atoms with Crippen LogP contribution in [0.1, 0.15) is 27.2 Å². The fraction of sp³-hybridized carbons (Fsp3) is 0.500. The van der Waals surface area contributed by atoms with Gasteiger partial charge in [-0.2, -0.15) is 0 Å². The Bertz CT molecular complexity index is 765. The van der Waals surface area contributed by atoms with E-state index >= 15 is 0 Å². The minimum Gasteiger partial charge on any atom is -0.478 e. The predicted octanol–water partition coefficient (Wildman–Crippen LogP) is 1.79. The second-order valence-electron chi connectivity index (χ2n) is 7.69. The molecular formula is C22H30O8. The Morgan fingerprint density at radius 3 is 2.30 bits per heavy atom. The van der Waals surface area contributed by atoms with Crippen LogP contribution in [0.5, 0.6) is 0 Å². The van der Waals surface area contributed by atoms with Gasteiger partial charge in [0.1, 0.15) is 12.7 Å². The van der Waals surface area contributed by atoms with Crippen molar-refractivity contribution in [3.63, 3.8) is 0 Å². The number of carboxylic acids is 1. The van der Waals surface area contributed by atoms with E-state index in [1.807, 2.05) is 0 Å². The molecule has 1 rings (SSSR count). The maximum absolute atomic E-state index is 12.5. The average molecular weight is 422 g/mol. The second-order valence-corrected chi connectivity index (χ2v) is 7.69. The average Bonchev–Trinajstić information content (AvgIpc) is 2.66. The Balaban J connectivity index is 3.26. The van der Waals surface area contributed by atoms with Crippen LogP contribution >= 0.6 is 0 Å². The highest BCUT2D eigenvalue weighted by Crippen LogP contribution is 2.50. The van der Waals surface area contributed by atoms with Gasteiger partial charge in [0.05, 0.1) is 18.6 Å². The van der Waals surface area contributed by atoms with Crippen molar-refractivity contribution in [1.82, 2.24) is 0 Å². The lowest BCUT2D eigenvalue weighted by atomic mass is 9.58. The molecule has 0 amide bonds. The van der Waals surface area contributed by atoms with Gasteiger partial charge in [-0.15, -0.1) is 6.58 Å². The normalized spacial score (nSPS) is 28.9. The van der Waals surface area contributed by atoms with E-state index < -0.39 is 54.0 Å². The van der Waals surface area contributed by atoms with Crippen LogP contribution in [0.2, 0.25) is 0 Å². The fourth-order valence-electron chi connectivity index (χ4n) is 3.81. The first-order valence-corrected chi connectivity index (χ1v) is 9.43. The largest absolute Gasteiger partial charge is 0.478 e. The number of aliphatic hydroxyl groups is 2. The third kappa shape index (κ3) is 5.67. The van der Waals surface area contributed by atoms with Crippen LogP contribution in [-0.2, 0) is 23.9 Å². The molecule has 1 aliphatic carbocycles. The molecule has 0 aromatic heterocycles. The van der Waals surface area contributed by atoms with Crippen molar-refractivity contribution in [1.29, 1.82) is 0 Å². The molecule has 30 heavy (non-hydrogen) atoms. The molecular weight excluding hydrogens is 392 g/mol. The number of hydrogen-bond donors (Lipinski definition) is 3. The molecule has 166 valence electrons. The number of carbonyl (C=O) groups is 3. The summed E-state index contributed by atoms with van der Waals surface area (Å²) in [5.41, 5.74) is -0.666. The van der Waals surface area contributed by atoms with Crippen LogP contribution < -0.4 is 0 Å². The molecule has 0 bridgehead atoms. The number of allylic oxidation sites excluding steroid dienone is 1. The molecule has 0 aromatic carbocycles. The third-order valence-corrected chi connectivity index (χ3v) is 5.50. The van der Waals surface area contributed by atoms with Gasteiger partial charge in [-0.3, -0.25) is 4.79 Å². The number of aliphatic carboxylic acids is 1. The highest BCUT2D eigenvalue weighted by atomic mass is 16.5. The summed E-state index contributed by atoms with van der Waals surface area (Å²) in [4.78, 5) is 35.0. The third-order valence-electron chi connectivity index (χ3n) is 5.50. The summed E-state index contributed by atoms with van der Waals surface area (Å²) in [6.07, 6.45) is 0.739. The van der Waals surface area contributed by atoms with Crippen molar-refractivity contribution in [3.8, 4) is 0 Å².